The molecule has 1 rings (SSSR count). The smallest absolute Gasteiger partial charge is 0.250 e. The van der Waals surface area contributed by atoms with Gasteiger partial charge in [-0.15, -0.1) is 0 Å². The molecule has 0 saturated heterocycles. The number of hydrogen-bond acceptors (Lipinski definition) is 3. The maximum atomic E-state index is 13.1. The molecule has 1 amide bonds. The molecule has 0 heterocycles. The average Bonchev–Trinajstić information content (AvgIpc) is 2.33. The van der Waals surface area contributed by atoms with Crippen LogP contribution in [0.25, 0.3) is 0 Å². The van der Waals surface area contributed by atoms with Crippen LogP contribution in [0.4, 0.5) is 10.1 Å². The molecule has 4 nitrogen and oxygen atoms in total. The van der Waals surface area contributed by atoms with E-state index in [1.807, 2.05) is 0 Å². The lowest BCUT2D eigenvalue weighted by Gasteiger charge is -2.07. The SMILES string of the molecule is COCC(=O)Nc1ccc(F)cc1C#CCCO. The van der Waals surface area contributed by atoms with Crippen molar-refractivity contribution in [3.63, 3.8) is 0 Å². The number of methoxy groups -OCH3 is 1. The highest BCUT2D eigenvalue weighted by molar-refractivity contribution is 5.93. The fourth-order valence-corrected chi connectivity index (χ4v) is 1.26. The number of aliphatic hydroxyl groups excluding tert-OH is 1. The van der Waals surface area contributed by atoms with Crippen LogP contribution < -0.4 is 5.32 Å². The van der Waals surface area contributed by atoms with Gasteiger partial charge in [0.15, 0.2) is 0 Å². The van der Waals surface area contributed by atoms with Crippen molar-refractivity contribution >= 4 is 11.6 Å². The predicted octanol–water partition coefficient (Wildman–Crippen LogP) is 1.14. The van der Waals surface area contributed by atoms with Gasteiger partial charge in [0.05, 0.1) is 17.9 Å². The third kappa shape index (κ3) is 4.53. The Kier molecular flexibility index (Phi) is 5.85. The Hall–Kier alpha value is -1.90. The van der Waals surface area contributed by atoms with Crippen molar-refractivity contribution in [3.05, 3.63) is 29.6 Å². The van der Waals surface area contributed by atoms with E-state index in [-0.39, 0.29) is 19.1 Å². The third-order valence-corrected chi connectivity index (χ3v) is 1.99. The summed E-state index contributed by atoms with van der Waals surface area (Å²) in [6.45, 7) is -0.144. The van der Waals surface area contributed by atoms with E-state index >= 15 is 0 Å². The summed E-state index contributed by atoms with van der Waals surface area (Å²) < 4.78 is 17.8. The molecule has 18 heavy (non-hydrogen) atoms. The molecule has 0 saturated carbocycles. The van der Waals surface area contributed by atoms with E-state index in [2.05, 4.69) is 21.9 Å². The van der Waals surface area contributed by atoms with E-state index in [0.717, 1.165) is 0 Å². The van der Waals surface area contributed by atoms with Crippen LogP contribution >= 0.6 is 0 Å². The summed E-state index contributed by atoms with van der Waals surface area (Å²) in [6.07, 6.45) is 0.294. The molecule has 0 aliphatic heterocycles. The Morgan fingerprint density at radius 1 is 1.56 bits per heavy atom. The van der Waals surface area contributed by atoms with Gasteiger partial charge in [0, 0.05) is 13.5 Å². The second kappa shape index (κ2) is 7.43. The number of nitrogens with one attached hydrogen (secondary N) is 1. The number of rotatable bonds is 4. The van der Waals surface area contributed by atoms with E-state index in [0.29, 0.717) is 17.7 Å². The van der Waals surface area contributed by atoms with Gasteiger partial charge in [-0.1, -0.05) is 11.8 Å². The first-order chi connectivity index (χ1) is 8.67. The van der Waals surface area contributed by atoms with Crippen molar-refractivity contribution in [2.45, 2.75) is 6.42 Å². The number of amides is 1. The molecule has 1 aromatic carbocycles. The molecule has 96 valence electrons. The van der Waals surface area contributed by atoms with Crippen LogP contribution in [0.5, 0.6) is 0 Å². The summed E-state index contributed by atoms with van der Waals surface area (Å²) in [5.74, 6) is 4.60. The summed E-state index contributed by atoms with van der Waals surface area (Å²) >= 11 is 0. The van der Waals surface area contributed by atoms with Crippen LogP contribution in [0, 0.1) is 17.7 Å². The molecule has 0 radical (unpaired) electrons. The molecule has 0 aliphatic rings. The van der Waals surface area contributed by atoms with E-state index in [1.165, 1.54) is 25.3 Å². The molecule has 5 heteroatoms. The maximum absolute atomic E-state index is 13.1. The lowest BCUT2D eigenvalue weighted by Crippen LogP contribution is -2.17. The highest BCUT2D eigenvalue weighted by atomic mass is 19.1. The minimum atomic E-state index is -0.437. The molecule has 2 N–H and O–H groups in total. The summed E-state index contributed by atoms with van der Waals surface area (Å²) in [7, 11) is 1.41. The number of ether oxygens (including phenoxy) is 1. The number of anilines is 1. The molecule has 0 fully saturated rings. The number of carbonyl (C=O) groups is 1. The number of carbonyl (C=O) groups excluding carboxylic acids is 1. The number of benzene rings is 1. The zero-order valence-electron chi connectivity index (χ0n) is 10.00. The Morgan fingerprint density at radius 3 is 3.00 bits per heavy atom. The Bertz CT molecular complexity index is 477. The largest absolute Gasteiger partial charge is 0.395 e. The van der Waals surface area contributed by atoms with Crippen LogP contribution in [0.15, 0.2) is 18.2 Å². The van der Waals surface area contributed by atoms with Crippen molar-refractivity contribution in [2.75, 3.05) is 25.6 Å². The molecule has 0 spiro atoms. The van der Waals surface area contributed by atoms with Crippen LogP contribution in [0.2, 0.25) is 0 Å². The molecule has 0 aliphatic carbocycles. The van der Waals surface area contributed by atoms with Gasteiger partial charge in [0.25, 0.3) is 0 Å². The Balaban J connectivity index is 2.90. The van der Waals surface area contributed by atoms with E-state index < -0.39 is 5.82 Å². The first kappa shape index (κ1) is 14.2. The van der Waals surface area contributed by atoms with E-state index in [1.54, 1.807) is 0 Å². The van der Waals surface area contributed by atoms with Gasteiger partial charge in [-0.05, 0) is 18.2 Å². The molecular weight excluding hydrogens is 237 g/mol. The second-order valence-corrected chi connectivity index (χ2v) is 3.45. The monoisotopic (exact) mass is 251 g/mol. The van der Waals surface area contributed by atoms with Crippen LogP contribution in [0.3, 0.4) is 0 Å². The summed E-state index contributed by atoms with van der Waals surface area (Å²) in [5.41, 5.74) is 0.789. The molecule has 1 aromatic rings. The van der Waals surface area contributed by atoms with Gasteiger partial charge in [-0.25, -0.2) is 4.39 Å². The first-order valence-electron chi connectivity index (χ1n) is 5.35. The topological polar surface area (TPSA) is 58.6 Å². The highest BCUT2D eigenvalue weighted by Crippen LogP contribution is 2.16. The molecule has 0 atom stereocenters. The third-order valence-electron chi connectivity index (χ3n) is 1.99. The fraction of sp³-hybridized carbons (Fsp3) is 0.308. The van der Waals surface area contributed by atoms with E-state index in [4.69, 9.17) is 5.11 Å². The van der Waals surface area contributed by atoms with Crippen LogP contribution in [-0.4, -0.2) is 31.3 Å². The van der Waals surface area contributed by atoms with Crippen molar-refractivity contribution in [1.82, 2.24) is 0 Å². The standard InChI is InChI=1S/C13H14FNO3/c1-18-9-13(17)15-12-6-5-11(14)8-10(12)4-2-3-7-16/h5-6,8,16H,3,7,9H2,1H3,(H,15,17). The summed E-state index contributed by atoms with van der Waals surface area (Å²) in [5, 5.41) is 11.2. The quantitative estimate of drug-likeness (QED) is 0.789. The van der Waals surface area contributed by atoms with Gasteiger partial charge in [0.2, 0.25) is 5.91 Å². The Morgan fingerprint density at radius 2 is 2.33 bits per heavy atom. The Labute approximate surface area is 105 Å². The zero-order chi connectivity index (χ0) is 13.4. The highest BCUT2D eigenvalue weighted by Gasteiger charge is 2.06. The normalized spacial score (nSPS) is 9.50. The predicted molar refractivity (Wildman–Crippen MR) is 65.5 cm³/mol. The van der Waals surface area contributed by atoms with Crippen LogP contribution in [0.1, 0.15) is 12.0 Å². The minimum absolute atomic E-state index is 0.0618. The minimum Gasteiger partial charge on any atom is -0.395 e. The number of hydrogen-bond donors (Lipinski definition) is 2. The van der Waals surface area contributed by atoms with Crippen molar-refractivity contribution in [1.29, 1.82) is 0 Å². The average molecular weight is 251 g/mol. The van der Waals surface area contributed by atoms with Gasteiger partial charge >= 0.3 is 0 Å². The van der Waals surface area contributed by atoms with E-state index in [9.17, 15) is 9.18 Å². The molecule has 0 aromatic heterocycles. The number of aliphatic hydroxyl groups is 1. The molecular formula is C13H14FNO3. The zero-order valence-corrected chi connectivity index (χ0v) is 10.00. The second-order valence-electron chi connectivity index (χ2n) is 3.45. The maximum Gasteiger partial charge on any atom is 0.250 e. The molecule has 0 bridgehead atoms. The van der Waals surface area contributed by atoms with Gasteiger partial charge < -0.3 is 15.2 Å². The van der Waals surface area contributed by atoms with Crippen LogP contribution in [-0.2, 0) is 9.53 Å². The summed E-state index contributed by atoms with van der Waals surface area (Å²) in [6, 6.07) is 3.90. The molecule has 0 unspecified atom stereocenters. The van der Waals surface area contributed by atoms with Gasteiger partial charge in [0.1, 0.15) is 12.4 Å². The van der Waals surface area contributed by atoms with Crippen molar-refractivity contribution < 1.29 is 19.0 Å². The lowest BCUT2D eigenvalue weighted by atomic mass is 10.1. The van der Waals surface area contributed by atoms with Crippen molar-refractivity contribution in [3.8, 4) is 11.8 Å². The first-order valence-corrected chi connectivity index (χ1v) is 5.35. The fourth-order valence-electron chi connectivity index (χ4n) is 1.26. The van der Waals surface area contributed by atoms with Gasteiger partial charge in [-0.2, -0.15) is 0 Å². The summed E-state index contributed by atoms with van der Waals surface area (Å²) in [4.78, 5) is 11.4. The lowest BCUT2D eigenvalue weighted by molar-refractivity contribution is -0.119. The van der Waals surface area contributed by atoms with Crippen molar-refractivity contribution in [2.24, 2.45) is 0 Å². The number of halogens is 1. The van der Waals surface area contributed by atoms with Gasteiger partial charge in [-0.3, -0.25) is 4.79 Å².